The number of anilines is 1. The van der Waals surface area contributed by atoms with Crippen LogP contribution in [-0.2, 0) is 4.74 Å². The fourth-order valence-corrected chi connectivity index (χ4v) is 1.30. The number of nitrogens with two attached hydrogens (primary N) is 1. The predicted molar refractivity (Wildman–Crippen MR) is 64.5 cm³/mol. The number of nitrogen functional groups attached to an aromatic ring is 1. The Labute approximate surface area is 112 Å². The SMILES string of the molecule is Nc1cc(C(=O)NCCOCC(F)F)c([N+](=O)[O-])cn1. The van der Waals surface area contributed by atoms with E-state index in [4.69, 9.17) is 5.73 Å². The number of alkyl halides is 2. The van der Waals surface area contributed by atoms with E-state index in [1.165, 1.54) is 0 Å². The molecule has 0 spiro atoms. The maximum atomic E-state index is 11.8. The molecular weight excluding hydrogens is 278 g/mol. The largest absolute Gasteiger partial charge is 0.384 e. The zero-order valence-electron chi connectivity index (χ0n) is 10.2. The number of hydrogen-bond acceptors (Lipinski definition) is 6. The molecule has 0 aliphatic carbocycles. The number of halogens is 2. The molecule has 10 heteroatoms. The summed E-state index contributed by atoms with van der Waals surface area (Å²) in [6.45, 7) is -0.937. The van der Waals surface area contributed by atoms with Crippen LogP contribution in [0.25, 0.3) is 0 Å². The van der Waals surface area contributed by atoms with Crippen molar-refractivity contribution in [3.05, 3.63) is 27.9 Å². The van der Waals surface area contributed by atoms with Gasteiger partial charge in [0.2, 0.25) is 0 Å². The van der Waals surface area contributed by atoms with Crippen molar-refractivity contribution in [2.75, 3.05) is 25.5 Å². The van der Waals surface area contributed by atoms with Gasteiger partial charge in [0.1, 0.15) is 24.2 Å². The summed E-state index contributed by atoms with van der Waals surface area (Å²) in [4.78, 5) is 25.2. The van der Waals surface area contributed by atoms with Gasteiger partial charge in [-0.05, 0) is 6.07 Å². The lowest BCUT2D eigenvalue weighted by Gasteiger charge is -2.07. The summed E-state index contributed by atoms with van der Waals surface area (Å²) in [5, 5.41) is 13.0. The molecule has 3 N–H and O–H groups in total. The summed E-state index contributed by atoms with van der Waals surface area (Å²) in [5.41, 5.74) is 4.60. The number of carbonyl (C=O) groups excluding carboxylic acids is 1. The molecule has 110 valence electrons. The molecule has 1 aromatic rings. The van der Waals surface area contributed by atoms with E-state index in [0.717, 1.165) is 12.3 Å². The van der Waals surface area contributed by atoms with Crippen LogP contribution in [0.3, 0.4) is 0 Å². The van der Waals surface area contributed by atoms with Crippen LogP contribution in [0, 0.1) is 10.1 Å². The Kier molecular flexibility index (Phi) is 5.72. The Morgan fingerprint density at radius 2 is 2.30 bits per heavy atom. The van der Waals surface area contributed by atoms with Crippen LogP contribution in [0.5, 0.6) is 0 Å². The van der Waals surface area contributed by atoms with Crippen LogP contribution < -0.4 is 11.1 Å². The molecule has 0 saturated heterocycles. The van der Waals surface area contributed by atoms with Crippen LogP contribution >= 0.6 is 0 Å². The molecule has 8 nitrogen and oxygen atoms in total. The smallest absolute Gasteiger partial charge is 0.300 e. The van der Waals surface area contributed by atoms with Gasteiger partial charge >= 0.3 is 0 Å². The van der Waals surface area contributed by atoms with E-state index in [9.17, 15) is 23.7 Å². The van der Waals surface area contributed by atoms with Gasteiger partial charge < -0.3 is 15.8 Å². The topological polar surface area (TPSA) is 120 Å². The van der Waals surface area contributed by atoms with E-state index in [0.29, 0.717) is 0 Å². The lowest BCUT2D eigenvalue weighted by atomic mass is 10.2. The highest BCUT2D eigenvalue weighted by molar-refractivity contribution is 5.98. The summed E-state index contributed by atoms with van der Waals surface area (Å²) in [6.07, 6.45) is -1.72. The number of amides is 1. The number of nitro groups is 1. The first-order chi connectivity index (χ1) is 9.41. The molecule has 1 amide bonds. The van der Waals surface area contributed by atoms with E-state index in [1.807, 2.05) is 0 Å². The van der Waals surface area contributed by atoms with Gasteiger partial charge in [0, 0.05) is 6.54 Å². The molecule has 0 radical (unpaired) electrons. The number of nitrogens with one attached hydrogen (secondary N) is 1. The second-order valence-electron chi connectivity index (χ2n) is 3.61. The fourth-order valence-electron chi connectivity index (χ4n) is 1.30. The second kappa shape index (κ2) is 7.28. The third-order valence-corrected chi connectivity index (χ3v) is 2.12. The van der Waals surface area contributed by atoms with Gasteiger partial charge in [0.15, 0.2) is 0 Å². The maximum absolute atomic E-state index is 11.8. The number of pyridine rings is 1. The van der Waals surface area contributed by atoms with Crippen LogP contribution in [0.15, 0.2) is 12.3 Å². The van der Waals surface area contributed by atoms with Crippen molar-refractivity contribution in [3.8, 4) is 0 Å². The third kappa shape index (κ3) is 4.72. The lowest BCUT2D eigenvalue weighted by molar-refractivity contribution is -0.385. The molecule has 0 bridgehead atoms. The molecule has 1 rings (SSSR count). The zero-order valence-corrected chi connectivity index (χ0v) is 10.2. The molecule has 0 unspecified atom stereocenters. The molecule has 0 atom stereocenters. The highest BCUT2D eigenvalue weighted by atomic mass is 19.3. The number of rotatable bonds is 7. The number of ether oxygens (including phenoxy) is 1. The quantitative estimate of drug-likeness (QED) is 0.430. The first kappa shape index (κ1) is 15.7. The number of hydrogen-bond donors (Lipinski definition) is 2. The third-order valence-electron chi connectivity index (χ3n) is 2.12. The maximum Gasteiger partial charge on any atom is 0.300 e. The van der Waals surface area contributed by atoms with Crippen molar-refractivity contribution in [2.24, 2.45) is 0 Å². The minimum atomic E-state index is -2.59. The van der Waals surface area contributed by atoms with Gasteiger partial charge in [-0.3, -0.25) is 14.9 Å². The zero-order chi connectivity index (χ0) is 15.1. The molecule has 1 aromatic heterocycles. The minimum absolute atomic E-state index is 0.0466. The van der Waals surface area contributed by atoms with Crippen molar-refractivity contribution < 1.29 is 23.2 Å². The molecule has 0 aromatic carbocycles. The van der Waals surface area contributed by atoms with E-state index >= 15 is 0 Å². The monoisotopic (exact) mass is 290 g/mol. The van der Waals surface area contributed by atoms with Crippen molar-refractivity contribution >= 4 is 17.4 Å². The Balaban J connectivity index is 2.59. The van der Waals surface area contributed by atoms with Gasteiger partial charge in [-0.2, -0.15) is 0 Å². The number of aromatic nitrogens is 1. The molecule has 20 heavy (non-hydrogen) atoms. The van der Waals surface area contributed by atoms with Crippen molar-refractivity contribution in [1.29, 1.82) is 0 Å². The number of nitrogens with zero attached hydrogens (tertiary/aromatic N) is 2. The summed E-state index contributed by atoms with van der Waals surface area (Å²) >= 11 is 0. The van der Waals surface area contributed by atoms with Crippen molar-refractivity contribution in [2.45, 2.75) is 6.43 Å². The van der Waals surface area contributed by atoms with Gasteiger partial charge in [0.25, 0.3) is 18.0 Å². The van der Waals surface area contributed by atoms with Crippen LogP contribution in [-0.4, -0.2) is 42.0 Å². The molecule has 0 aliphatic heterocycles. The highest BCUT2D eigenvalue weighted by Gasteiger charge is 2.20. The molecule has 0 aliphatic rings. The Morgan fingerprint density at radius 3 is 2.90 bits per heavy atom. The first-order valence-corrected chi connectivity index (χ1v) is 5.45. The Bertz CT molecular complexity index is 498. The molecule has 0 fully saturated rings. The van der Waals surface area contributed by atoms with Gasteiger partial charge in [0.05, 0.1) is 11.5 Å². The van der Waals surface area contributed by atoms with Gasteiger partial charge in [-0.1, -0.05) is 0 Å². The Morgan fingerprint density at radius 1 is 1.60 bits per heavy atom. The first-order valence-electron chi connectivity index (χ1n) is 5.45. The number of carbonyl (C=O) groups is 1. The molecular formula is C10H12F2N4O4. The predicted octanol–water partition coefficient (Wildman–Crippen LogP) is 0.584. The van der Waals surface area contributed by atoms with Crippen LogP contribution in [0.2, 0.25) is 0 Å². The van der Waals surface area contributed by atoms with Crippen LogP contribution in [0.1, 0.15) is 10.4 Å². The van der Waals surface area contributed by atoms with E-state index in [-0.39, 0.29) is 24.5 Å². The summed E-state index contributed by atoms with van der Waals surface area (Å²) in [7, 11) is 0. The summed E-state index contributed by atoms with van der Waals surface area (Å²) in [6, 6.07) is 1.06. The molecule has 1 heterocycles. The molecule has 0 saturated carbocycles. The average molecular weight is 290 g/mol. The fraction of sp³-hybridized carbons (Fsp3) is 0.400. The summed E-state index contributed by atoms with van der Waals surface area (Å²) in [5.74, 6) is -0.804. The highest BCUT2D eigenvalue weighted by Crippen LogP contribution is 2.18. The van der Waals surface area contributed by atoms with Gasteiger partial charge in [-0.25, -0.2) is 13.8 Å². The van der Waals surface area contributed by atoms with Crippen molar-refractivity contribution in [1.82, 2.24) is 10.3 Å². The van der Waals surface area contributed by atoms with E-state index < -0.39 is 29.6 Å². The van der Waals surface area contributed by atoms with Crippen LogP contribution in [0.4, 0.5) is 20.3 Å². The Hall–Kier alpha value is -2.36. The standard InChI is InChI=1S/C10H12F2N4O4/c11-8(12)5-20-2-1-14-10(17)6-3-9(13)15-4-7(6)16(18)19/h3-4,8H,1-2,5H2,(H2,13,15)(H,14,17). The van der Waals surface area contributed by atoms with E-state index in [2.05, 4.69) is 15.0 Å². The van der Waals surface area contributed by atoms with Crippen molar-refractivity contribution in [3.63, 3.8) is 0 Å². The second-order valence-corrected chi connectivity index (χ2v) is 3.61. The normalized spacial score (nSPS) is 10.6. The average Bonchev–Trinajstić information content (AvgIpc) is 2.37. The minimum Gasteiger partial charge on any atom is -0.384 e. The summed E-state index contributed by atoms with van der Waals surface area (Å²) < 4.78 is 28.1. The lowest BCUT2D eigenvalue weighted by Crippen LogP contribution is -2.28. The van der Waals surface area contributed by atoms with Gasteiger partial charge in [-0.15, -0.1) is 0 Å². The van der Waals surface area contributed by atoms with E-state index in [1.54, 1.807) is 0 Å².